The zero-order chi connectivity index (χ0) is 14.0. The van der Waals surface area contributed by atoms with E-state index in [-0.39, 0.29) is 18.2 Å². The fraction of sp³-hybridized carbons (Fsp3) is 0.643. The molecule has 5 nitrogen and oxygen atoms in total. The van der Waals surface area contributed by atoms with Crippen LogP contribution in [0.1, 0.15) is 39.5 Å². The lowest BCUT2D eigenvalue weighted by molar-refractivity contribution is -0.0620. The quantitative estimate of drug-likeness (QED) is 0.785. The van der Waals surface area contributed by atoms with E-state index in [1.165, 1.54) is 0 Å². The second kappa shape index (κ2) is 5.25. The maximum atomic E-state index is 12.3. The molecule has 1 amide bonds. The van der Waals surface area contributed by atoms with Gasteiger partial charge in [0.25, 0.3) is 0 Å². The molecule has 5 heteroatoms. The Morgan fingerprint density at radius 1 is 1.42 bits per heavy atom. The molecular weight excluding hydrogens is 246 g/mol. The molecule has 1 aromatic rings. The third-order valence-electron chi connectivity index (χ3n) is 2.92. The van der Waals surface area contributed by atoms with Crippen LogP contribution in [0.4, 0.5) is 4.79 Å². The molecule has 1 fully saturated rings. The number of nitrogens with zero attached hydrogens (tertiary/aromatic N) is 1. The topological polar surface area (TPSA) is 51.9 Å². The van der Waals surface area contributed by atoms with Crippen LogP contribution in [0.3, 0.4) is 0 Å². The van der Waals surface area contributed by atoms with Crippen LogP contribution in [-0.2, 0) is 9.47 Å². The minimum Gasteiger partial charge on any atom is -0.467 e. The van der Waals surface area contributed by atoms with Crippen molar-refractivity contribution in [1.29, 1.82) is 0 Å². The van der Waals surface area contributed by atoms with Gasteiger partial charge in [-0.3, -0.25) is 4.90 Å². The lowest BCUT2D eigenvalue weighted by Gasteiger charge is -2.39. The molecule has 0 aromatic carbocycles. The van der Waals surface area contributed by atoms with Gasteiger partial charge in [0.15, 0.2) is 0 Å². The Morgan fingerprint density at radius 3 is 2.74 bits per heavy atom. The molecule has 19 heavy (non-hydrogen) atoms. The predicted molar refractivity (Wildman–Crippen MR) is 69.8 cm³/mol. The van der Waals surface area contributed by atoms with Gasteiger partial charge in [-0.15, -0.1) is 0 Å². The van der Waals surface area contributed by atoms with Crippen LogP contribution < -0.4 is 0 Å². The Balaban J connectivity index is 2.19. The first-order valence-electron chi connectivity index (χ1n) is 6.51. The van der Waals surface area contributed by atoms with E-state index in [1.54, 1.807) is 11.2 Å². The third kappa shape index (κ3) is 3.29. The molecule has 0 spiro atoms. The highest BCUT2D eigenvalue weighted by Gasteiger charge is 2.37. The number of carbonyl (C=O) groups excluding carboxylic acids is 1. The summed E-state index contributed by atoms with van der Waals surface area (Å²) in [6.45, 7) is 8.46. The fourth-order valence-electron chi connectivity index (χ4n) is 2.14. The Morgan fingerprint density at radius 2 is 2.16 bits per heavy atom. The van der Waals surface area contributed by atoms with E-state index in [4.69, 9.17) is 13.9 Å². The fourth-order valence-corrected chi connectivity index (χ4v) is 2.14. The summed E-state index contributed by atoms with van der Waals surface area (Å²) in [5, 5.41) is 0. The number of amides is 1. The van der Waals surface area contributed by atoms with Crippen molar-refractivity contribution in [3.05, 3.63) is 24.2 Å². The average molecular weight is 267 g/mol. The Bertz CT molecular complexity index is 421. The molecule has 0 aliphatic carbocycles. The molecule has 2 unspecified atom stereocenters. The van der Waals surface area contributed by atoms with Crippen LogP contribution in [0.25, 0.3) is 0 Å². The van der Waals surface area contributed by atoms with E-state index >= 15 is 0 Å². The lowest BCUT2D eigenvalue weighted by Crippen LogP contribution is -2.50. The van der Waals surface area contributed by atoms with Crippen molar-refractivity contribution < 1.29 is 18.7 Å². The van der Waals surface area contributed by atoms with Crippen molar-refractivity contribution in [3.63, 3.8) is 0 Å². The highest BCUT2D eigenvalue weighted by atomic mass is 16.6. The van der Waals surface area contributed by atoms with E-state index in [1.807, 2.05) is 39.8 Å². The van der Waals surface area contributed by atoms with E-state index in [0.29, 0.717) is 13.2 Å². The SMILES string of the molecule is CC1COCC(c2ccco2)N1C(=O)OC(C)(C)C. The Hall–Kier alpha value is -1.49. The smallest absolute Gasteiger partial charge is 0.411 e. The molecule has 1 aliphatic rings. The van der Waals surface area contributed by atoms with Crippen LogP contribution in [0.5, 0.6) is 0 Å². The molecule has 1 aliphatic heterocycles. The highest BCUT2D eigenvalue weighted by molar-refractivity contribution is 5.69. The second-order valence-corrected chi connectivity index (χ2v) is 5.81. The van der Waals surface area contributed by atoms with Gasteiger partial charge < -0.3 is 13.9 Å². The molecule has 2 atom stereocenters. The summed E-state index contributed by atoms with van der Waals surface area (Å²) in [7, 11) is 0. The number of hydrogen-bond acceptors (Lipinski definition) is 4. The van der Waals surface area contributed by atoms with Crippen LogP contribution in [-0.4, -0.2) is 35.8 Å². The lowest BCUT2D eigenvalue weighted by atomic mass is 10.1. The average Bonchev–Trinajstić information content (AvgIpc) is 2.79. The molecule has 0 saturated carbocycles. The zero-order valence-corrected chi connectivity index (χ0v) is 11.9. The summed E-state index contributed by atoms with van der Waals surface area (Å²) in [6, 6.07) is 3.39. The Labute approximate surface area is 113 Å². The largest absolute Gasteiger partial charge is 0.467 e. The maximum Gasteiger partial charge on any atom is 0.411 e. The van der Waals surface area contributed by atoms with Crippen molar-refractivity contribution in [2.75, 3.05) is 13.2 Å². The molecule has 2 heterocycles. The van der Waals surface area contributed by atoms with Gasteiger partial charge in [-0.05, 0) is 39.8 Å². The summed E-state index contributed by atoms with van der Waals surface area (Å²) in [4.78, 5) is 14.0. The van der Waals surface area contributed by atoms with Crippen molar-refractivity contribution in [3.8, 4) is 0 Å². The standard InChI is InChI=1S/C14H21NO4/c1-10-8-17-9-11(12-6-5-7-18-12)15(10)13(16)19-14(2,3)4/h5-7,10-11H,8-9H2,1-4H3. The molecule has 0 N–H and O–H groups in total. The summed E-state index contributed by atoms with van der Waals surface area (Å²) in [6.07, 6.45) is 1.27. The van der Waals surface area contributed by atoms with Gasteiger partial charge in [0.05, 0.1) is 25.5 Å². The van der Waals surface area contributed by atoms with Crippen molar-refractivity contribution in [2.45, 2.75) is 45.4 Å². The Kier molecular flexibility index (Phi) is 3.85. The molecular formula is C14H21NO4. The molecule has 1 aromatic heterocycles. The van der Waals surface area contributed by atoms with Gasteiger partial charge in [-0.1, -0.05) is 0 Å². The molecule has 106 valence electrons. The first-order chi connectivity index (χ1) is 8.88. The molecule has 1 saturated heterocycles. The highest BCUT2D eigenvalue weighted by Crippen LogP contribution is 2.29. The van der Waals surface area contributed by atoms with Crippen molar-refractivity contribution >= 4 is 6.09 Å². The van der Waals surface area contributed by atoms with Gasteiger partial charge in [0, 0.05) is 0 Å². The summed E-state index contributed by atoms with van der Waals surface area (Å²) >= 11 is 0. The second-order valence-electron chi connectivity index (χ2n) is 5.81. The summed E-state index contributed by atoms with van der Waals surface area (Å²) in [5.74, 6) is 0.720. The van der Waals surface area contributed by atoms with E-state index in [9.17, 15) is 4.79 Å². The molecule has 2 rings (SSSR count). The van der Waals surface area contributed by atoms with Crippen LogP contribution in [0.2, 0.25) is 0 Å². The maximum absolute atomic E-state index is 12.3. The van der Waals surface area contributed by atoms with Gasteiger partial charge in [-0.25, -0.2) is 4.79 Å². The normalized spacial score (nSPS) is 24.3. The monoisotopic (exact) mass is 267 g/mol. The van der Waals surface area contributed by atoms with E-state index < -0.39 is 5.60 Å². The summed E-state index contributed by atoms with van der Waals surface area (Å²) in [5.41, 5.74) is -0.511. The minimum atomic E-state index is -0.511. The van der Waals surface area contributed by atoms with Gasteiger partial charge in [0.1, 0.15) is 17.4 Å². The van der Waals surface area contributed by atoms with Crippen molar-refractivity contribution in [2.24, 2.45) is 0 Å². The van der Waals surface area contributed by atoms with Crippen molar-refractivity contribution in [1.82, 2.24) is 4.90 Å². The van der Waals surface area contributed by atoms with Gasteiger partial charge in [-0.2, -0.15) is 0 Å². The number of carbonyl (C=O) groups is 1. The van der Waals surface area contributed by atoms with Gasteiger partial charge >= 0.3 is 6.09 Å². The van der Waals surface area contributed by atoms with Crippen LogP contribution in [0, 0.1) is 0 Å². The first-order valence-corrected chi connectivity index (χ1v) is 6.51. The van der Waals surface area contributed by atoms with Crippen LogP contribution >= 0.6 is 0 Å². The summed E-state index contributed by atoms with van der Waals surface area (Å²) < 4.78 is 16.4. The third-order valence-corrected chi connectivity index (χ3v) is 2.92. The molecule has 0 radical (unpaired) electrons. The number of hydrogen-bond donors (Lipinski definition) is 0. The number of rotatable bonds is 1. The number of ether oxygens (including phenoxy) is 2. The first kappa shape index (κ1) is 13.9. The predicted octanol–water partition coefficient (Wildman–Crippen LogP) is 2.98. The van der Waals surface area contributed by atoms with Gasteiger partial charge in [0.2, 0.25) is 0 Å². The zero-order valence-electron chi connectivity index (χ0n) is 11.9. The minimum absolute atomic E-state index is 0.0429. The van der Waals surface area contributed by atoms with Crippen LogP contribution in [0.15, 0.2) is 22.8 Å². The number of furan rings is 1. The van der Waals surface area contributed by atoms with E-state index in [2.05, 4.69) is 0 Å². The van der Waals surface area contributed by atoms with E-state index in [0.717, 1.165) is 5.76 Å². The number of morpholine rings is 1. The molecule has 0 bridgehead atoms.